The molecule has 0 spiro atoms. The van der Waals surface area contributed by atoms with E-state index >= 15 is 0 Å². The van der Waals surface area contributed by atoms with Crippen LogP contribution in [0.4, 0.5) is 0 Å². The Morgan fingerprint density at radius 3 is 2.18 bits per heavy atom. The molecule has 0 bridgehead atoms. The molecule has 0 saturated carbocycles. The number of hydrogen-bond acceptors (Lipinski definition) is 3. The van der Waals surface area contributed by atoms with Gasteiger partial charge in [0.15, 0.2) is 0 Å². The van der Waals surface area contributed by atoms with Crippen LogP contribution in [-0.2, 0) is 18.6 Å². The molecule has 0 amide bonds. The Balaban J connectivity index is 1.92. The summed E-state index contributed by atoms with van der Waals surface area (Å²) in [7, 11) is 1.73. The van der Waals surface area contributed by atoms with E-state index in [4.69, 9.17) is 4.74 Å². The minimum atomic E-state index is -0.353. The summed E-state index contributed by atoms with van der Waals surface area (Å²) in [5.74, 6) is 0.886. The van der Waals surface area contributed by atoms with Gasteiger partial charge in [0.1, 0.15) is 5.75 Å². The lowest BCUT2D eigenvalue weighted by molar-refractivity contribution is 0.0813. The first-order chi connectivity index (χ1) is 16.3. The van der Waals surface area contributed by atoms with Gasteiger partial charge in [0.25, 0.3) is 0 Å². The van der Waals surface area contributed by atoms with Crippen molar-refractivity contribution >= 4 is 0 Å². The topological polar surface area (TPSA) is 30.3 Å². The summed E-state index contributed by atoms with van der Waals surface area (Å²) < 4.78 is 7.73. The molecule has 0 atom stereocenters. The molecule has 4 nitrogen and oxygen atoms in total. The standard InChI is InChI=1S/C29H33N3O/c1-3-4-19-32(24-31-20-18-30-23-31)29(26-13-7-5-8-14-26,27-15-9-6-10-16-27)22-25-12-11-17-28(21-25)33-2/h5-18,20-21,23H,3-4,19,22,24H2,1-2H3. The van der Waals surface area contributed by atoms with E-state index in [0.717, 1.165) is 38.2 Å². The van der Waals surface area contributed by atoms with E-state index in [1.54, 1.807) is 7.11 Å². The van der Waals surface area contributed by atoms with Crippen molar-refractivity contribution in [2.45, 2.75) is 38.4 Å². The maximum Gasteiger partial charge on any atom is 0.119 e. The molecule has 0 saturated heterocycles. The normalized spacial score (nSPS) is 11.6. The predicted octanol–water partition coefficient (Wildman–Crippen LogP) is 6.14. The van der Waals surface area contributed by atoms with Gasteiger partial charge in [-0.1, -0.05) is 86.1 Å². The van der Waals surface area contributed by atoms with Gasteiger partial charge >= 0.3 is 0 Å². The van der Waals surface area contributed by atoms with Crippen molar-refractivity contribution in [1.29, 1.82) is 0 Å². The van der Waals surface area contributed by atoms with Gasteiger partial charge in [-0.15, -0.1) is 0 Å². The highest BCUT2D eigenvalue weighted by Gasteiger charge is 2.40. The minimum absolute atomic E-state index is 0.353. The molecule has 3 aromatic carbocycles. The second kappa shape index (κ2) is 11.0. The van der Waals surface area contributed by atoms with Crippen LogP contribution in [-0.4, -0.2) is 28.1 Å². The number of rotatable bonds is 11. The third kappa shape index (κ3) is 5.18. The number of hydrogen-bond donors (Lipinski definition) is 0. The molecule has 4 aromatic rings. The largest absolute Gasteiger partial charge is 0.497 e. The summed E-state index contributed by atoms with van der Waals surface area (Å²) in [4.78, 5) is 6.92. The van der Waals surface area contributed by atoms with Crippen LogP contribution in [0.5, 0.6) is 5.75 Å². The first kappa shape index (κ1) is 22.8. The number of methoxy groups -OCH3 is 1. The molecular weight excluding hydrogens is 406 g/mol. The lowest BCUT2D eigenvalue weighted by atomic mass is 9.76. The Labute approximate surface area is 197 Å². The second-order valence-corrected chi connectivity index (χ2v) is 8.46. The van der Waals surface area contributed by atoms with Crippen LogP contribution in [0.15, 0.2) is 104 Å². The average Bonchev–Trinajstić information content (AvgIpc) is 3.40. The van der Waals surface area contributed by atoms with Crippen molar-refractivity contribution in [1.82, 2.24) is 14.5 Å². The third-order valence-electron chi connectivity index (χ3n) is 6.31. The summed E-state index contributed by atoms with van der Waals surface area (Å²) in [5.41, 5.74) is 3.47. The molecule has 33 heavy (non-hydrogen) atoms. The molecule has 170 valence electrons. The molecule has 1 heterocycles. The van der Waals surface area contributed by atoms with E-state index in [1.807, 2.05) is 24.8 Å². The predicted molar refractivity (Wildman–Crippen MR) is 134 cm³/mol. The van der Waals surface area contributed by atoms with Crippen LogP contribution in [0.2, 0.25) is 0 Å². The zero-order valence-electron chi connectivity index (χ0n) is 19.6. The molecule has 0 unspecified atom stereocenters. The van der Waals surface area contributed by atoms with Crippen LogP contribution in [0, 0.1) is 0 Å². The summed E-state index contributed by atoms with van der Waals surface area (Å²) in [6.07, 6.45) is 8.90. The van der Waals surface area contributed by atoms with Crippen LogP contribution >= 0.6 is 0 Å². The maximum absolute atomic E-state index is 5.57. The fourth-order valence-corrected chi connectivity index (χ4v) is 4.65. The lowest BCUT2D eigenvalue weighted by Gasteiger charge is -2.45. The fraction of sp³-hybridized carbons (Fsp3) is 0.276. The Hall–Kier alpha value is -3.37. The highest BCUT2D eigenvalue weighted by atomic mass is 16.5. The summed E-state index contributed by atoms with van der Waals surface area (Å²) >= 11 is 0. The Bertz CT molecular complexity index is 1050. The first-order valence-corrected chi connectivity index (χ1v) is 11.7. The monoisotopic (exact) mass is 439 g/mol. The van der Waals surface area contributed by atoms with Crippen molar-refractivity contribution in [2.24, 2.45) is 0 Å². The van der Waals surface area contributed by atoms with Gasteiger partial charge < -0.3 is 9.30 Å². The van der Waals surface area contributed by atoms with Crippen LogP contribution < -0.4 is 4.74 Å². The molecule has 0 radical (unpaired) electrons. The zero-order chi connectivity index (χ0) is 22.9. The smallest absolute Gasteiger partial charge is 0.119 e. The molecule has 0 aliphatic rings. The van der Waals surface area contributed by atoms with E-state index in [0.29, 0.717) is 0 Å². The Kier molecular flexibility index (Phi) is 7.59. The molecular formula is C29H33N3O. The summed E-state index contributed by atoms with van der Waals surface area (Å²) in [6.45, 7) is 3.99. The maximum atomic E-state index is 5.57. The third-order valence-corrected chi connectivity index (χ3v) is 6.31. The van der Waals surface area contributed by atoms with Gasteiger partial charge in [-0.2, -0.15) is 0 Å². The number of nitrogens with zero attached hydrogens (tertiary/aromatic N) is 3. The number of imidazole rings is 1. The summed E-state index contributed by atoms with van der Waals surface area (Å²) in [5, 5.41) is 0. The van der Waals surface area contributed by atoms with Gasteiger partial charge in [0.05, 0.1) is 25.6 Å². The fourth-order valence-electron chi connectivity index (χ4n) is 4.65. The number of aromatic nitrogens is 2. The molecule has 1 aromatic heterocycles. The van der Waals surface area contributed by atoms with Crippen molar-refractivity contribution in [2.75, 3.05) is 13.7 Å². The highest BCUT2D eigenvalue weighted by Crippen LogP contribution is 2.40. The zero-order valence-corrected chi connectivity index (χ0v) is 19.6. The van der Waals surface area contributed by atoms with E-state index in [-0.39, 0.29) is 5.54 Å². The lowest BCUT2D eigenvalue weighted by Crippen LogP contribution is -2.49. The van der Waals surface area contributed by atoms with Gasteiger partial charge in [-0.05, 0) is 41.7 Å². The molecule has 0 aliphatic carbocycles. The molecule has 4 heteroatoms. The number of ether oxygens (including phenoxy) is 1. The van der Waals surface area contributed by atoms with Crippen molar-refractivity contribution in [3.63, 3.8) is 0 Å². The van der Waals surface area contributed by atoms with Gasteiger partial charge in [-0.3, -0.25) is 4.90 Å². The van der Waals surface area contributed by atoms with E-state index < -0.39 is 0 Å². The van der Waals surface area contributed by atoms with E-state index in [1.165, 1.54) is 16.7 Å². The van der Waals surface area contributed by atoms with Crippen LogP contribution in [0.1, 0.15) is 36.5 Å². The molecule has 0 aliphatic heterocycles. The Morgan fingerprint density at radius 2 is 1.61 bits per heavy atom. The van der Waals surface area contributed by atoms with Crippen molar-refractivity contribution in [3.05, 3.63) is 120 Å². The minimum Gasteiger partial charge on any atom is -0.497 e. The van der Waals surface area contributed by atoms with Gasteiger partial charge in [0, 0.05) is 18.9 Å². The SMILES string of the molecule is CCCCN(Cn1ccnc1)C(Cc1cccc(OC)c1)(c1ccccc1)c1ccccc1. The van der Waals surface area contributed by atoms with Crippen molar-refractivity contribution < 1.29 is 4.74 Å². The Morgan fingerprint density at radius 1 is 0.909 bits per heavy atom. The quantitative estimate of drug-likeness (QED) is 0.281. The van der Waals surface area contributed by atoms with Crippen molar-refractivity contribution in [3.8, 4) is 5.75 Å². The molecule has 4 rings (SSSR count). The average molecular weight is 440 g/mol. The first-order valence-electron chi connectivity index (χ1n) is 11.7. The van der Waals surface area contributed by atoms with E-state index in [2.05, 4.69) is 100 Å². The second-order valence-electron chi connectivity index (χ2n) is 8.46. The highest BCUT2D eigenvalue weighted by molar-refractivity contribution is 5.42. The van der Waals surface area contributed by atoms with Gasteiger partial charge in [0.2, 0.25) is 0 Å². The molecule has 0 N–H and O–H groups in total. The van der Waals surface area contributed by atoms with Crippen LogP contribution in [0.25, 0.3) is 0 Å². The van der Waals surface area contributed by atoms with Gasteiger partial charge in [-0.25, -0.2) is 4.98 Å². The van der Waals surface area contributed by atoms with E-state index in [9.17, 15) is 0 Å². The number of unbranched alkanes of at least 4 members (excludes halogenated alkanes) is 1. The molecule has 0 fully saturated rings. The summed E-state index contributed by atoms with van der Waals surface area (Å²) in [6, 6.07) is 30.3. The van der Waals surface area contributed by atoms with Crippen LogP contribution in [0.3, 0.4) is 0 Å². The number of benzene rings is 3.